The number of anilines is 1. The summed E-state index contributed by atoms with van der Waals surface area (Å²) in [6, 6.07) is 3.35. The number of methoxy groups -OCH3 is 1. The van der Waals surface area contributed by atoms with Gasteiger partial charge in [-0.05, 0) is 0 Å². The molecule has 3 aromatic heterocycles. The van der Waals surface area contributed by atoms with Gasteiger partial charge in [0.1, 0.15) is 17.8 Å². The highest BCUT2D eigenvalue weighted by molar-refractivity contribution is 5.64. The molecule has 0 bridgehead atoms. The van der Waals surface area contributed by atoms with Crippen LogP contribution in [0.3, 0.4) is 0 Å². The average molecular weight is 283 g/mol. The Bertz CT molecular complexity index is 784. The first-order valence-corrected chi connectivity index (χ1v) is 6.15. The molecule has 0 atom stereocenters. The van der Waals surface area contributed by atoms with Gasteiger partial charge in [0.25, 0.3) is 0 Å². The van der Waals surface area contributed by atoms with Crippen molar-refractivity contribution in [2.75, 3.05) is 12.8 Å². The van der Waals surface area contributed by atoms with Gasteiger partial charge in [-0.1, -0.05) is 0 Å². The van der Waals surface area contributed by atoms with Crippen LogP contribution in [0.15, 0.2) is 30.9 Å². The Hall–Kier alpha value is -3.03. The maximum Gasteiger partial charge on any atom is 0.216 e. The van der Waals surface area contributed by atoms with Crippen molar-refractivity contribution in [2.24, 2.45) is 7.05 Å². The molecule has 8 nitrogen and oxygen atoms in total. The maximum absolute atomic E-state index is 5.86. The van der Waals surface area contributed by atoms with Crippen molar-refractivity contribution in [3.8, 4) is 28.7 Å². The van der Waals surface area contributed by atoms with Crippen molar-refractivity contribution in [3.63, 3.8) is 0 Å². The van der Waals surface area contributed by atoms with Gasteiger partial charge in [-0.15, -0.1) is 0 Å². The van der Waals surface area contributed by atoms with Crippen LogP contribution in [-0.4, -0.2) is 36.8 Å². The lowest BCUT2D eigenvalue weighted by atomic mass is 10.2. The summed E-state index contributed by atoms with van der Waals surface area (Å²) in [4.78, 5) is 16.8. The fourth-order valence-electron chi connectivity index (χ4n) is 1.86. The largest absolute Gasteiger partial charge is 0.481 e. The summed E-state index contributed by atoms with van der Waals surface area (Å²) in [6.45, 7) is 0. The Morgan fingerprint density at radius 3 is 2.71 bits per heavy atom. The third kappa shape index (κ3) is 2.64. The predicted molar refractivity (Wildman–Crippen MR) is 76.2 cm³/mol. The summed E-state index contributed by atoms with van der Waals surface area (Å²) in [5.41, 5.74) is 7.94. The van der Waals surface area contributed by atoms with E-state index >= 15 is 0 Å². The molecule has 0 aliphatic heterocycles. The molecule has 0 aliphatic carbocycles. The number of aryl methyl sites for hydroxylation is 1. The first-order valence-electron chi connectivity index (χ1n) is 6.15. The lowest BCUT2D eigenvalue weighted by molar-refractivity contribution is 0.397. The average Bonchev–Trinajstić information content (AvgIpc) is 2.93. The zero-order valence-electron chi connectivity index (χ0n) is 11.6. The molecule has 0 aromatic carbocycles. The molecule has 106 valence electrons. The third-order valence-electron chi connectivity index (χ3n) is 2.83. The Kier molecular flexibility index (Phi) is 3.19. The van der Waals surface area contributed by atoms with Crippen molar-refractivity contribution in [1.29, 1.82) is 0 Å². The topological polar surface area (TPSA) is 105 Å². The van der Waals surface area contributed by atoms with Crippen LogP contribution < -0.4 is 10.5 Å². The van der Waals surface area contributed by atoms with E-state index in [9.17, 15) is 0 Å². The molecule has 0 unspecified atom stereocenters. The Labute approximate surface area is 120 Å². The number of hydrogen-bond donors (Lipinski definition) is 1. The van der Waals surface area contributed by atoms with Gasteiger partial charge in [0.2, 0.25) is 5.88 Å². The first kappa shape index (κ1) is 13.0. The summed E-state index contributed by atoms with van der Waals surface area (Å²) >= 11 is 0. The van der Waals surface area contributed by atoms with E-state index in [1.165, 1.54) is 13.4 Å². The number of nitrogen functional groups attached to an aromatic ring is 1. The molecule has 0 amide bonds. The van der Waals surface area contributed by atoms with E-state index in [2.05, 4.69) is 25.0 Å². The molecule has 3 heterocycles. The number of nitrogens with zero attached hydrogens (tertiary/aromatic N) is 6. The van der Waals surface area contributed by atoms with Gasteiger partial charge >= 0.3 is 0 Å². The summed E-state index contributed by atoms with van der Waals surface area (Å²) in [5, 5.41) is 4.12. The third-order valence-corrected chi connectivity index (χ3v) is 2.83. The SMILES string of the molecule is COc1cc(-c2nc(N)cc(-c3cnn(C)c3)n2)ncn1. The van der Waals surface area contributed by atoms with E-state index in [0.717, 1.165) is 5.56 Å². The number of nitrogens with two attached hydrogens (primary N) is 1. The summed E-state index contributed by atoms with van der Waals surface area (Å²) in [5.74, 6) is 1.21. The molecule has 8 heteroatoms. The van der Waals surface area contributed by atoms with E-state index in [1.54, 1.807) is 23.0 Å². The lowest BCUT2D eigenvalue weighted by Gasteiger charge is -2.05. The van der Waals surface area contributed by atoms with Gasteiger partial charge < -0.3 is 10.5 Å². The number of ether oxygens (including phenoxy) is 1. The molecule has 2 N–H and O–H groups in total. The smallest absolute Gasteiger partial charge is 0.216 e. The standard InChI is InChI=1S/C13H13N7O/c1-20-6-8(5-17-20)9-3-11(14)19-13(18-9)10-4-12(21-2)16-7-15-10/h3-7H,1-2H3,(H2,14,18,19). The predicted octanol–water partition coefficient (Wildman–Crippen LogP) is 0.925. The summed E-state index contributed by atoms with van der Waals surface area (Å²) in [7, 11) is 3.37. The second-order valence-corrected chi connectivity index (χ2v) is 4.35. The highest BCUT2D eigenvalue weighted by Gasteiger charge is 2.10. The lowest BCUT2D eigenvalue weighted by Crippen LogP contribution is -2.00. The van der Waals surface area contributed by atoms with Crippen LogP contribution in [0.1, 0.15) is 0 Å². The van der Waals surface area contributed by atoms with Crippen molar-refractivity contribution in [3.05, 3.63) is 30.9 Å². The van der Waals surface area contributed by atoms with Crippen molar-refractivity contribution >= 4 is 5.82 Å². The molecular weight excluding hydrogens is 270 g/mol. The highest BCUT2D eigenvalue weighted by Crippen LogP contribution is 2.22. The van der Waals surface area contributed by atoms with Crippen molar-refractivity contribution in [1.82, 2.24) is 29.7 Å². The second-order valence-electron chi connectivity index (χ2n) is 4.35. The highest BCUT2D eigenvalue weighted by atomic mass is 16.5. The molecule has 0 spiro atoms. The molecule has 21 heavy (non-hydrogen) atoms. The number of rotatable bonds is 3. The van der Waals surface area contributed by atoms with Crippen LogP contribution in [0.25, 0.3) is 22.8 Å². The molecule has 3 aromatic rings. The molecule has 0 saturated carbocycles. The quantitative estimate of drug-likeness (QED) is 0.762. The fourth-order valence-corrected chi connectivity index (χ4v) is 1.86. The van der Waals surface area contributed by atoms with E-state index in [0.29, 0.717) is 28.9 Å². The minimum atomic E-state index is 0.358. The Morgan fingerprint density at radius 1 is 1.14 bits per heavy atom. The minimum Gasteiger partial charge on any atom is -0.481 e. The van der Waals surface area contributed by atoms with Crippen LogP contribution in [0, 0.1) is 0 Å². The van der Waals surface area contributed by atoms with E-state index < -0.39 is 0 Å². The number of hydrogen-bond acceptors (Lipinski definition) is 7. The molecule has 0 fully saturated rings. The summed E-state index contributed by atoms with van der Waals surface area (Å²) < 4.78 is 6.77. The fraction of sp³-hybridized carbons (Fsp3) is 0.154. The zero-order valence-corrected chi connectivity index (χ0v) is 11.6. The van der Waals surface area contributed by atoms with Gasteiger partial charge in [0, 0.05) is 30.9 Å². The minimum absolute atomic E-state index is 0.358. The van der Waals surface area contributed by atoms with Crippen LogP contribution in [0.2, 0.25) is 0 Å². The Morgan fingerprint density at radius 2 is 2.00 bits per heavy atom. The maximum atomic E-state index is 5.86. The molecule has 0 radical (unpaired) electrons. The normalized spacial score (nSPS) is 10.6. The van der Waals surface area contributed by atoms with E-state index in [1.807, 2.05) is 13.2 Å². The van der Waals surface area contributed by atoms with Gasteiger partial charge in [-0.2, -0.15) is 5.10 Å². The van der Waals surface area contributed by atoms with Gasteiger partial charge in [0.15, 0.2) is 5.82 Å². The van der Waals surface area contributed by atoms with Crippen molar-refractivity contribution in [2.45, 2.75) is 0 Å². The van der Waals surface area contributed by atoms with Crippen LogP contribution in [0.4, 0.5) is 5.82 Å². The zero-order chi connectivity index (χ0) is 14.8. The second kappa shape index (κ2) is 5.16. The summed E-state index contributed by atoms with van der Waals surface area (Å²) in [6.07, 6.45) is 4.96. The van der Waals surface area contributed by atoms with Gasteiger partial charge in [-0.3, -0.25) is 4.68 Å². The molecule has 0 aliphatic rings. The monoisotopic (exact) mass is 283 g/mol. The van der Waals surface area contributed by atoms with Gasteiger partial charge in [0.05, 0.1) is 19.0 Å². The van der Waals surface area contributed by atoms with Crippen LogP contribution in [-0.2, 0) is 7.05 Å². The first-order chi connectivity index (χ1) is 10.2. The van der Waals surface area contributed by atoms with E-state index in [-0.39, 0.29) is 0 Å². The van der Waals surface area contributed by atoms with Crippen molar-refractivity contribution < 1.29 is 4.74 Å². The molecule has 0 saturated heterocycles. The molecule has 3 rings (SSSR count). The number of aromatic nitrogens is 6. The molecular formula is C13H13N7O. The van der Waals surface area contributed by atoms with E-state index in [4.69, 9.17) is 10.5 Å². The van der Waals surface area contributed by atoms with Crippen LogP contribution in [0.5, 0.6) is 5.88 Å². The Balaban J connectivity index is 2.09. The van der Waals surface area contributed by atoms with Crippen LogP contribution >= 0.6 is 0 Å². The van der Waals surface area contributed by atoms with Gasteiger partial charge in [-0.25, -0.2) is 19.9 Å².